The molecule has 1 saturated heterocycles. The molecule has 2 unspecified atom stereocenters. The molecule has 3 fully saturated rings. The van der Waals surface area contributed by atoms with E-state index in [9.17, 15) is 14.7 Å². The second-order valence-electron chi connectivity index (χ2n) is 7.53. The Bertz CT molecular complexity index is 428. The molecule has 130 valence electrons. The molecule has 2 N–H and O–H groups in total. The van der Waals surface area contributed by atoms with Crippen molar-refractivity contribution in [1.29, 1.82) is 0 Å². The summed E-state index contributed by atoms with van der Waals surface area (Å²) < 4.78 is 0. The quantitative estimate of drug-likeness (QED) is 0.811. The van der Waals surface area contributed by atoms with E-state index in [0.29, 0.717) is 19.0 Å². The highest BCUT2D eigenvalue weighted by Crippen LogP contribution is 2.30. The van der Waals surface area contributed by atoms with E-state index < -0.39 is 6.10 Å². The zero-order valence-electron chi connectivity index (χ0n) is 14.0. The summed E-state index contributed by atoms with van der Waals surface area (Å²) in [5.74, 6) is 0.560. The molecule has 0 bridgehead atoms. The Labute approximate surface area is 138 Å². The van der Waals surface area contributed by atoms with E-state index >= 15 is 0 Å². The Kier molecular flexibility index (Phi) is 5.57. The van der Waals surface area contributed by atoms with Crippen molar-refractivity contribution >= 4 is 11.8 Å². The maximum Gasteiger partial charge on any atom is 0.242 e. The first-order chi connectivity index (χ1) is 11.2. The summed E-state index contributed by atoms with van der Waals surface area (Å²) in [7, 11) is 0. The van der Waals surface area contributed by atoms with E-state index in [4.69, 9.17) is 0 Å². The van der Waals surface area contributed by atoms with E-state index in [1.54, 1.807) is 4.90 Å². The zero-order valence-corrected chi connectivity index (χ0v) is 14.0. The molecule has 0 spiro atoms. The van der Waals surface area contributed by atoms with Crippen LogP contribution in [0.15, 0.2) is 0 Å². The molecule has 2 saturated carbocycles. The first-order valence-corrected chi connectivity index (χ1v) is 9.43. The highest BCUT2D eigenvalue weighted by Gasteiger charge is 2.38. The van der Waals surface area contributed by atoms with Gasteiger partial charge in [0.15, 0.2) is 0 Å². The van der Waals surface area contributed by atoms with Gasteiger partial charge in [0.25, 0.3) is 0 Å². The molecule has 0 radical (unpaired) electrons. The molecule has 1 aliphatic heterocycles. The number of nitrogens with zero attached hydrogens (tertiary/aromatic N) is 1. The number of likely N-dealkylation sites (tertiary alicyclic amines) is 1. The number of carbonyl (C=O) groups is 2. The Morgan fingerprint density at radius 2 is 1.65 bits per heavy atom. The van der Waals surface area contributed by atoms with Gasteiger partial charge in [-0.05, 0) is 44.4 Å². The molecule has 2 atom stereocenters. The average molecular weight is 322 g/mol. The molecule has 23 heavy (non-hydrogen) atoms. The molecule has 5 heteroatoms. The number of rotatable bonds is 5. The Morgan fingerprint density at radius 1 is 1.00 bits per heavy atom. The fraction of sp³-hybridized carbons (Fsp3) is 0.889. The van der Waals surface area contributed by atoms with Gasteiger partial charge in [-0.2, -0.15) is 0 Å². The molecular formula is C18H30N2O3. The van der Waals surface area contributed by atoms with Crippen molar-refractivity contribution in [3.8, 4) is 0 Å². The van der Waals surface area contributed by atoms with Crippen LogP contribution in [0.25, 0.3) is 0 Å². The van der Waals surface area contributed by atoms with Gasteiger partial charge >= 0.3 is 0 Å². The van der Waals surface area contributed by atoms with Crippen LogP contribution < -0.4 is 5.32 Å². The number of nitrogens with one attached hydrogen (secondary N) is 1. The first kappa shape index (κ1) is 16.7. The Balaban J connectivity index is 1.50. The van der Waals surface area contributed by atoms with Crippen molar-refractivity contribution in [1.82, 2.24) is 10.2 Å². The molecule has 3 rings (SSSR count). The smallest absolute Gasteiger partial charge is 0.242 e. The summed E-state index contributed by atoms with van der Waals surface area (Å²) in [6.07, 6.45) is 9.92. The minimum Gasteiger partial charge on any atom is -0.391 e. The topological polar surface area (TPSA) is 69.6 Å². The van der Waals surface area contributed by atoms with E-state index in [2.05, 4.69) is 5.32 Å². The fourth-order valence-corrected chi connectivity index (χ4v) is 4.54. The van der Waals surface area contributed by atoms with E-state index in [1.807, 2.05) is 0 Å². The highest BCUT2D eigenvalue weighted by atomic mass is 16.3. The fourth-order valence-electron chi connectivity index (χ4n) is 4.54. The molecule has 0 aromatic carbocycles. The molecule has 3 aliphatic rings. The highest BCUT2D eigenvalue weighted by molar-refractivity contribution is 5.89. The lowest BCUT2D eigenvalue weighted by Gasteiger charge is -2.27. The number of amides is 2. The number of hydrogen-bond donors (Lipinski definition) is 2. The second-order valence-corrected chi connectivity index (χ2v) is 7.53. The Hall–Kier alpha value is -1.10. The van der Waals surface area contributed by atoms with Crippen LogP contribution in [-0.4, -0.2) is 47.1 Å². The maximum atomic E-state index is 12.6. The lowest BCUT2D eigenvalue weighted by molar-refractivity contribution is -0.141. The Morgan fingerprint density at radius 3 is 2.35 bits per heavy atom. The molecule has 1 heterocycles. The second kappa shape index (κ2) is 7.65. The normalized spacial score (nSPS) is 27.5. The third-order valence-corrected chi connectivity index (χ3v) is 5.97. The zero-order chi connectivity index (χ0) is 16.2. The predicted octanol–water partition coefficient (Wildman–Crippen LogP) is 1.83. The summed E-state index contributed by atoms with van der Waals surface area (Å²) >= 11 is 0. The van der Waals surface area contributed by atoms with Gasteiger partial charge in [0.1, 0.15) is 6.04 Å². The monoisotopic (exact) mass is 322 g/mol. The van der Waals surface area contributed by atoms with Gasteiger partial charge in [-0.15, -0.1) is 0 Å². The van der Waals surface area contributed by atoms with Crippen molar-refractivity contribution < 1.29 is 14.7 Å². The van der Waals surface area contributed by atoms with Crippen LogP contribution in [0.2, 0.25) is 0 Å². The molecule has 2 amide bonds. The lowest BCUT2D eigenvalue weighted by Crippen LogP contribution is -2.49. The predicted molar refractivity (Wildman–Crippen MR) is 87.7 cm³/mol. The molecular weight excluding hydrogens is 292 g/mol. The van der Waals surface area contributed by atoms with Crippen LogP contribution in [-0.2, 0) is 9.59 Å². The minimum absolute atomic E-state index is 0.0779. The summed E-state index contributed by atoms with van der Waals surface area (Å²) in [6, 6.07) is -0.320. The molecule has 2 aliphatic carbocycles. The van der Waals surface area contributed by atoms with Gasteiger partial charge in [0.05, 0.1) is 6.10 Å². The number of aliphatic hydroxyl groups is 1. The van der Waals surface area contributed by atoms with Crippen LogP contribution in [0, 0.1) is 11.8 Å². The van der Waals surface area contributed by atoms with Crippen molar-refractivity contribution in [2.45, 2.75) is 76.4 Å². The average Bonchev–Trinajstić information content (AvgIpc) is 3.33. The number of aliphatic hydroxyl groups excluding tert-OH is 1. The molecule has 0 aromatic rings. The van der Waals surface area contributed by atoms with Crippen LogP contribution >= 0.6 is 0 Å². The van der Waals surface area contributed by atoms with Crippen molar-refractivity contribution in [3.63, 3.8) is 0 Å². The SMILES string of the molecule is O=C(NCC(O)C1CCCC1)C1CCCN1C(=O)C1CCCC1. The lowest BCUT2D eigenvalue weighted by atomic mass is 10.0. The summed E-state index contributed by atoms with van der Waals surface area (Å²) in [5.41, 5.74) is 0. The first-order valence-electron chi connectivity index (χ1n) is 9.43. The standard InChI is InChI=1S/C18H30N2O3/c21-16(13-6-1-2-7-13)12-19-17(22)15-10-5-11-20(15)18(23)14-8-3-4-9-14/h13-16,21H,1-12H2,(H,19,22). The number of carbonyl (C=O) groups excluding carboxylic acids is 2. The van der Waals surface area contributed by atoms with Crippen LogP contribution in [0.1, 0.15) is 64.2 Å². The van der Waals surface area contributed by atoms with Gasteiger partial charge in [-0.25, -0.2) is 0 Å². The minimum atomic E-state index is -0.443. The van der Waals surface area contributed by atoms with Crippen LogP contribution in [0.4, 0.5) is 0 Å². The van der Waals surface area contributed by atoms with Crippen molar-refractivity contribution in [2.75, 3.05) is 13.1 Å². The third kappa shape index (κ3) is 3.87. The van der Waals surface area contributed by atoms with E-state index in [-0.39, 0.29) is 23.8 Å². The van der Waals surface area contributed by atoms with Crippen molar-refractivity contribution in [3.05, 3.63) is 0 Å². The largest absolute Gasteiger partial charge is 0.391 e. The van der Waals surface area contributed by atoms with Gasteiger partial charge < -0.3 is 15.3 Å². The van der Waals surface area contributed by atoms with Crippen LogP contribution in [0.5, 0.6) is 0 Å². The number of hydrogen-bond acceptors (Lipinski definition) is 3. The summed E-state index contributed by atoms with van der Waals surface area (Å²) in [4.78, 5) is 26.9. The van der Waals surface area contributed by atoms with E-state index in [0.717, 1.165) is 51.4 Å². The van der Waals surface area contributed by atoms with E-state index in [1.165, 1.54) is 12.8 Å². The summed E-state index contributed by atoms with van der Waals surface area (Å²) in [5, 5.41) is 13.1. The summed E-state index contributed by atoms with van der Waals surface area (Å²) in [6.45, 7) is 1.03. The molecule has 0 aromatic heterocycles. The third-order valence-electron chi connectivity index (χ3n) is 5.97. The van der Waals surface area contributed by atoms with Gasteiger partial charge in [0, 0.05) is 19.0 Å². The van der Waals surface area contributed by atoms with Gasteiger partial charge in [-0.3, -0.25) is 9.59 Å². The molecule has 5 nitrogen and oxygen atoms in total. The van der Waals surface area contributed by atoms with Gasteiger partial charge in [0.2, 0.25) is 11.8 Å². The van der Waals surface area contributed by atoms with Crippen molar-refractivity contribution in [2.24, 2.45) is 11.8 Å². The van der Waals surface area contributed by atoms with Gasteiger partial charge in [-0.1, -0.05) is 25.7 Å². The maximum absolute atomic E-state index is 12.6. The van der Waals surface area contributed by atoms with Crippen LogP contribution in [0.3, 0.4) is 0 Å².